The molecular formula is C8H8BrFN2O. The predicted molar refractivity (Wildman–Crippen MR) is 51.3 cm³/mol. The molecule has 0 aliphatic rings. The zero-order valence-corrected chi connectivity index (χ0v) is 8.64. The molecule has 5 heteroatoms. The van der Waals surface area contributed by atoms with Crippen LogP contribution in [-0.2, 0) is 5.33 Å². The van der Waals surface area contributed by atoms with Gasteiger partial charge in [0.25, 0.3) is 5.88 Å². The zero-order chi connectivity index (χ0) is 9.84. The Morgan fingerprint density at radius 3 is 2.77 bits per heavy atom. The topological polar surface area (TPSA) is 35.0 Å². The van der Waals surface area contributed by atoms with Crippen molar-refractivity contribution in [3.63, 3.8) is 0 Å². The van der Waals surface area contributed by atoms with Gasteiger partial charge >= 0.3 is 0 Å². The first-order valence-corrected chi connectivity index (χ1v) is 4.63. The molecule has 13 heavy (non-hydrogen) atoms. The van der Waals surface area contributed by atoms with Crippen molar-refractivity contribution >= 4 is 22.0 Å². The summed E-state index contributed by atoms with van der Waals surface area (Å²) in [4.78, 5) is 7.66. The van der Waals surface area contributed by atoms with E-state index in [1.54, 1.807) is 0 Å². The zero-order valence-electron chi connectivity index (χ0n) is 7.05. The van der Waals surface area contributed by atoms with Crippen LogP contribution >= 0.6 is 15.9 Å². The van der Waals surface area contributed by atoms with E-state index in [0.717, 1.165) is 0 Å². The number of alkyl halides is 1. The molecule has 0 N–H and O–H groups in total. The summed E-state index contributed by atoms with van der Waals surface area (Å²) in [7, 11) is 1.36. The van der Waals surface area contributed by atoms with Gasteiger partial charge in [-0.3, -0.25) is 0 Å². The van der Waals surface area contributed by atoms with Crippen molar-refractivity contribution in [1.29, 1.82) is 0 Å². The maximum atomic E-state index is 13.3. The van der Waals surface area contributed by atoms with E-state index in [1.807, 2.05) is 0 Å². The van der Waals surface area contributed by atoms with Crippen LogP contribution in [0, 0.1) is 5.82 Å². The third-order valence-corrected chi connectivity index (χ3v) is 1.94. The Morgan fingerprint density at radius 1 is 1.62 bits per heavy atom. The summed E-state index contributed by atoms with van der Waals surface area (Å²) in [5.74, 6) is -0.239. The summed E-state index contributed by atoms with van der Waals surface area (Å²) in [6, 6.07) is 0. The van der Waals surface area contributed by atoms with Gasteiger partial charge < -0.3 is 4.74 Å². The molecule has 1 heterocycles. The Hall–Kier alpha value is -0.970. The van der Waals surface area contributed by atoms with E-state index in [2.05, 4.69) is 32.5 Å². The average molecular weight is 247 g/mol. The Kier molecular flexibility index (Phi) is 3.36. The number of nitrogens with zero attached hydrogens (tertiary/aromatic N) is 2. The second-order valence-electron chi connectivity index (χ2n) is 2.19. The highest BCUT2D eigenvalue weighted by Gasteiger charge is 2.12. The molecule has 70 valence electrons. The number of aromatic nitrogens is 2. The minimum atomic E-state index is -0.537. The molecule has 1 aromatic heterocycles. The van der Waals surface area contributed by atoms with Gasteiger partial charge in [0.1, 0.15) is 0 Å². The number of ether oxygens (including phenoxy) is 1. The lowest BCUT2D eigenvalue weighted by Gasteiger charge is -2.04. The van der Waals surface area contributed by atoms with Gasteiger partial charge in [0, 0.05) is 5.33 Å². The third-order valence-electron chi connectivity index (χ3n) is 1.41. The van der Waals surface area contributed by atoms with Crippen molar-refractivity contribution in [3.8, 4) is 5.88 Å². The van der Waals surface area contributed by atoms with E-state index in [-0.39, 0.29) is 11.6 Å². The maximum Gasteiger partial charge on any atom is 0.254 e. The van der Waals surface area contributed by atoms with Gasteiger partial charge in [0.2, 0.25) is 5.82 Å². The van der Waals surface area contributed by atoms with Crippen LogP contribution in [0.25, 0.3) is 6.08 Å². The molecule has 0 aliphatic carbocycles. The predicted octanol–water partition coefficient (Wildman–Crippen LogP) is 2.16. The van der Waals surface area contributed by atoms with E-state index in [1.165, 1.54) is 13.2 Å². The second kappa shape index (κ2) is 4.32. The van der Waals surface area contributed by atoms with Gasteiger partial charge in [-0.2, -0.15) is 9.37 Å². The van der Waals surface area contributed by atoms with Crippen LogP contribution in [0.2, 0.25) is 0 Å². The summed E-state index contributed by atoms with van der Waals surface area (Å²) in [6.45, 7) is 3.49. The Labute approximate surface area is 83.8 Å². The smallest absolute Gasteiger partial charge is 0.254 e. The van der Waals surface area contributed by atoms with Gasteiger partial charge in [-0.05, 0) is 6.08 Å². The molecule has 0 bridgehead atoms. The fourth-order valence-electron chi connectivity index (χ4n) is 0.804. The average Bonchev–Trinajstić information content (AvgIpc) is 2.18. The van der Waals surface area contributed by atoms with Crippen LogP contribution in [0.15, 0.2) is 6.58 Å². The lowest BCUT2D eigenvalue weighted by Crippen LogP contribution is -2.02. The van der Waals surface area contributed by atoms with Crippen LogP contribution in [0.4, 0.5) is 4.39 Å². The number of rotatable bonds is 3. The van der Waals surface area contributed by atoms with Gasteiger partial charge in [-0.15, -0.1) is 0 Å². The number of halogens is 2. The summed E-state index contributed by atoms with van der Waals surface area (Å²) in [6.07, 6.45) is 1.44. The van der Waals surface area contributed by atoms with Gasteiger partial charge in [-0.25, -0.2) is 4.98 Å². The Balaban J connectivity index is 3.28. The van der Waals surface area contributed by atoms with Crippen molar-refractivity contribution < 1.29 is 9.13 Å². The highest BCUT2D eigenvalue weighted by atomic mass is 79.9. The SMILES string of the molecule is C=Cc1nc(CBr)c(F)c(OC)n1. The van der Waals surface area contributed by atoms with Gasteiger partial charge in [-0.1, -0.05) is 22.5 Å². The second-order valence-corrected chi connectivity index (χ2v) is 2.75. The lowest BCUT2D eigenvalue weighted by atomic mass is 10.4. The fraction of sp³-hybridized carbons (Fsp3) is 0.250. The van der Waals surface area contributed by atoms with E-state index < -0.39 is 5.82 Å². The molecule has 0 saturated heterocycles. The van der Waals surface area contributed by atoms with Gasteiger partial charge in [0.15, 0.2) is 5.82 Å². The third kappa shape index (κ3) is 2.03. The number of methoxy groups -OCH3 is 1. The minimum Gasteiger partial charge on any atom is -0.479 e. The number of hydrogen-bond donors (Lipinski definition) is 0. The van der Waals surface area contributed by atoms with Crippen molar-refractivity contribution in [1.82, 2.24) is 9.97 Å². The van der Waals surface area contributed by atoms with Gasteiger partial charge in [0.05, 0.1) is 12.8 Å². The Morgan fingerprint density at radius 2 is 2.31 bits per heavy atom. The monoisotopic (exact) mass is 246 g/mol. The van der Waals surface area contributed by atoms with Crippen LogP contribution in [0.3, 0.4) is 0 Å². The van der Waals surface area contributed by atoms with Crippen molar-refractivity contribution in [2.45, 2.75) is 5.33 Å². The molecule has 0 aliphatic heterocycles. The summed E-state index contributed by atoms with van der Waals surface area (Å²) >= 11 is 3.11. The highest BCUT2D eigenvalue weighted by Crippen LogP contribution is 2.18. The van der Waals surface area contributed by atoms with Crippen LogP contribution in [0.1, 0.15) is 11.5 Å². The van der Waals surface area contributed by atoms with Crippen LogP contribution in [-0.4, -0.2) is 17.1 Å². The molecule has 1 rings (SSSR count). The standard InChI is InChI=1S/C8H8BrFN2O/c1-3-6-11-5(4-9)7(10)8(12-6)13-2/h3H,1,4H2,2H3. The highest BCUT2D eigenvalue weighted by molar-refractivity contribution is 9.08. The number of hydrogen-bond acceptors (Lipinski definition) is 3. The van der Waals surface area contributed by atoms with E-state index in [9.17, 15) is 4.39 Å². The first kappa shape index (κ1) is 10.1. The summed E-state index contributed by atoms with van der Waals surface area (Å²) in [5.41, 5.74) is 0.266. The molecule has 0 saturated carbocycles. The molecule has 0 amide bonds. The quantitative estimate of drug-likeness (QED) is 0.767. The van der Waals surface area contributed by atoms with Crippen LogP contribution in [0.5, 0.6) is 5.88 Å². The minimum absolute atomic E-state index is 0.0562. The first-order valence-electron chi connectivity index (χ1n) is 3.51. The van der Waals surface area contributed by atoms with Crippen LogP contribution < -0.4 is 4.74 Å². The largest absolute Gasteiger partial charge is 0.479 e. The van der Waals surface area contributed by atoms with Crippen molar-refractivity contribution in [2.75, 3.05) is 7.11 Å². The molecule has 1 aromatic rings. The Bertz CT molecular complexity index is 305. The van der Waals surface area contributed by atoms with E-state index >= 15 is 0 Å². The molecule has 0 spiro atoms. The summed E-state index contributed by atoms with van der Waals surface area (Å²) < 4.78 is 18.0. The van der Waals surface area contributed by atoms with E-state index in [4.69, 9.17) is 4.74 Å². The molecule has 0 fully saturated rings. The van der Waals surface area contributed by atoms with Crippen molar-refractivity contribution in [2.24, 2.45) is 0 Å². The lowest BCUT2D eigenvalue weighted by molar-refractivity contribution is 0.364. The normalized spacial score (nSPS) is 9.77. The molecule has 0 radical (unpaired) electrons. The maximum absolute atomic E-state index is 13.3. The fourth-order valence-corrected chi connectivity index (χ4v) is 1.18. The molecule has 0 atom stereocenters. The first-order chi connectivity index (χ1) is 6.22. The molecular weight excluding hydrogens is 239 g/mol. The summed E-state index contributed by atoms with van der Waals surface area (Å²) in [5, 5.41) is 0.318. The molecule has 3 nitrogen and oxygen atoms in total. The molecule has 0 unspecified atom stereocenters. The molecule has 0 aromatic carbocycles. The van der Waals surface area contributed by atoms with Crippen molar-refractivity contribution in [3.05, 3.63) is 23.9 Å². The van der Waals surface area contributed by atoms with E-state index in [0.29, 0.717) is 11.2 Å².